The summed E-state index contributed by atoms with van der Waals surface area (Å²) in [7, 11) is 1.69. The molecular weight excluding hydrogens is 320 g/mol. The minimum Gasteiger partial charge on any atom is -0.497 e. The molecule has 0 saturated carbocycles. The molecule has 3 aromatic carbocycles. The molecule has 0 N–H and O–H groups in total. The van der Waals surface area contributed by atoms with Gasteiger partial charge in [0.2, 0.25) is 0 Å². The van der Waals surface area contributed by atoms with Crippen LogP contribution in [-0.2, 0) is 0 Å². The molecule has 0 fully saturated rings. The van der Waals surface area contributed by atoms with E-state index in [1.807, 2.05) is 18.2 Å². The second kappa shape index (κ2) is 5.93. The molecule has 1 heterocycles. The van der Waals surface area contributed by atoms with Crippen LogP contribution in [0.15, 0.2) is 48.5 Å². The molecule has 0 aliphatic carbocycles. The number of methoxy groups -OCH3 is 1. The van der Waals surface area contributed by atoms with E-state index < -0.39 is 0 Å². The number of aromatic nitrogens is 1. The SMILES string of the molecule is COc1ccc2c(c1)c1cc(C)ccc1n2-c1c(C)cc(C#N)cc1C. The van der Waals surface area contributed by atoms with Crippen LogP contribution < -0.4 is 4.74 Å². The highest BCUT2D eigenvalue weighted by atomic mass is 16.5. The number of hydrogen-bond acceptors (Lipinski definition) is 2. The molecule has 26 heavy (non-hydrogen) atoms. The number of nitriles is 1. The van der Waals surface area contributed by atoms with E-state index in [4.69, 9.17) is 4.74 Å². The van der Waals surface area contributed by atoms with Gasteiger partial charge < -0.3 is 9.30 Å². The Kier molecular flexibility index (Phi) is 3.70. The Morgan fingerprint density at radius 1 is 0.846 bits per heavy atom. The quantitative estimate of drug-likeness (QED) is 0.477. The van der Waals surface area contributed by atoms with Crippen molar-refractivity contribution in [2.75, 3.05) is 7.11 Å². The van der Waals surface area contributed by atoms with Crippen molar-refractivity contribution in [1.29, 1.82) is 5.26 Å². The van der Waals surface area contributed by atoms with Crippen molar-refractivity contribution >= 4 is 21.8 Å². The van der Waals surface area contributed by atoms with E-state index in [-0.39, 0.29) is 0 Å². The highest BCUT2D eigenvalue weighted by Gasteiger charge is 2.16. The van der Waals surface area contributed by atoms with E-state index in [0.717, 1.165) is 33.6 Å². The van der Waals surface area contributed by atoms with Gasteiger partial charge in [0.25, 0.3) is 0 Å². The molecule has 0 aliphatic heterocycles. The van der Waals surface area contributed by atoms with Gasteiger partial charge >= 0.3 is 0 Å². The summed E-state index contributed by atoms with van der Waals surface area (Å²) in [5.41, 5.74) is 7.55. The van der Waals surface area contributed by atoms with Crippen molar-refractivity contribution in [2.45, 2.75) is 20.8 Å². The Balaban J connectivity index is 2.18. The number of aryl methyl sites for hydroxylation is 3. The Morgan fingerprint density at radius 3 is 2.08 bits per heavy atom. The van der Waals surface area contributed by atoms with E-state index in [1.165, 1.54) is 16.3 Å². The molecule has 0 aliphatic rings. The van der Waals surface area contributed by atoms with Gasteiger partial charge in [0, 0.05) is 10.8 Å². The zero-order chi connectivity index (χ0) is 18.4. The Bertz CT molecular complexity index is 1190. The molecule has 0 unspecified atom stereocenters. The van der Waals surface area contributed by atoms with Crippen LogP contribution >= 0.6 is 0 Å². The number of nitrogens with zero attached hydrogens (tertiary/aromatic N) is 2. The van der Waals surface area contributed by atoms with Crippen LogP contribution in [0.5, 0.6) is 5.75 Å². The van der Waals surface area contributed by atoms with Gasteiger partial charge in [-0.05, 0) is 74.4 Å². The Hall–Kier alpha value is -3.25. The Morgan fingerprint density at radius 2 is 1.46 bits per heavy atom. The number of hydrogen-bond donors (Lipinski definition) is 0. The first-order valence-corrected chi connectivity index (χ1v) is 8.64. The molecule has 0 atom stereocenters. The summed E-state index contributed by atoms with van der Waals surface area (Å²) >= 11 is 0. The lowest BCUT2D eigenvalue weighted by Crippen LogP contribution is -2.01. The topological polar surface area (TPSA) is 38.0 Å². The predicted octanol–water partition coefficient (Wildman–Crippen LogP) is 5.59. The summed E-state index contributed by atoms with van der Waals surface area (Å²) in [5, 5.41) is 11.7. The highest BCUT2D eigenvalue weighted by molar-refractivity contribution is 6.10. The largest absolute Gasteiger partial charge is 0.497 e. The van der Waals surface area contributed by atoms with Gasteiger partial charge in [-0.1, -0.05) is 11.6 Å². The lowest BCUT2D eigenvalue weighted by molar-refractivity contribution is 0.415. The summed E-state index contributed by atoms with van der Waals surface area (Å²) in [6, 6.07) is 18.9. The fourth-order valence-electron chi connectivity index (χ4n) is 3.86. The van der Waals surface area contributed by atoms with E-state index >= 15 is 0 Å². The minimum absolute atomic E-state index is 0.696. The molecule has 1 aromatic heterocycles. The molecule has 4 aromatic rings. The van der Waals surface area contributed by atoms with Crippen molar-refractivity contribution in [3.63, 3.8) is 0 Å². The van der Waals surface area contributed by atoms with Crippen LogP contribution in [-0.4, -0.2) is 11.7 Å². The lowest BCUT2D eigenvalue weighted by Gasteiger charge is -2.15. The standard InChI is InChI=1S/C23H20N2O/c1-14-5-7-21-19(9-14)20-12-18(26-4)6-8-22(20)25(21)23-15(2)10-17(13-24)11-16(23)3/h5-12H,1-4H3. The summed E-state index contributed by atoms with van der Waals surface area (Å²) in [6.45, 7) is 6.25. The molecule has 0 spiro atoms. The van der Waals surface area contributed by atoms with E-state index in [1.54, 1.807) is 7.11 Å². The normalized spacial score (nSPS) is 11.0. The van der Waals surface area contributed by atoms with E-state index in [0.29, 0.717) is 5.56 Å². The average Bonchev–Trinajstić information content (AvgIpc) is 2.94. The van der Waals surface area contributed by atoms with E-state index in [9.17, 15) is 5.26 Å². The second-order valence-electron chi connectivity index (χ2n) is 6.81. The zero-order valence-electron chi connectivity index (χ0n) is 15.4. The summed E-state index contributed by atoms with van der Waals surface area (Å²) < 4.78 is 7.75. The first-order valence-electron chi connectivity index (χ1n) is 8.64. The monoisotopic (exact) mass is 340 g/mol. The molecule has 128 valence electrons. The molecule has 0 saturated heterocycles. The fourth-order valence-corrected chi connectivity index (χ4v) is 3.86. The average molecular weight is 340 g/mol. The van der Waals surface area contributed by atoms with Crippen LogP contribution in [0.25, 0.3) is 27.5 Å². The van der Waals surface area contributed by atoms with Crippen LogP contribution in [0.2, 0.25) is 0 Å². The molecular formula is C23H20N2O. The van der Waals surface area contributed by atoms with Gasteiger partial charge in [0.1, 0.15) is 5.75 Å². The first-order chi connectivity index (χ1) is 12.5. The number of rotatable bonds is 2. The van der Waals surface area contributed by atoms with Gasteiger partial charge in [-0.2, -0.15) is 5.26 Å². The smallest absolute Gasteiger partial charge is 0.119 e. The molecule has 3 nitrogen and oxygen atoms in total. The third-order valence-electron chi connectivity index (χ3n) is 4.97. The van der Waals surface area contributed by atoms with Gasteiger partial charge in [-0.3, -0.25) is 0 Å². The number of ether oxygens (including phenoxy) is 1. The molecule has 4 rings (SSSR count). The first kappa shape index (κ1) is 16.2. The maximum Gasteiger partial charge on any atom is 0.119 e. The van der Waals surface area contributed by atoms with Crippen LogP contribution in [0.4, 0.5) is 0 Å². The minimum atomic E-state index is 0.696. The molecule has 0 radical (unpaired) electrons. The summed E-state index contributed by atoms with van der Waals surface area (Å²) in [6.07, 6.45) is 0. The second-order valence-corrected chi connectivity index (χ2v) is 6.81. The van der Waals surface area contributed by atoms with Crippen LogP contribution in [0, 0.1) is 32.1 Å². The third-order valence-corrected chi connectivity index (χ3v) is 4.97. The number of fused-ring (bicyclic) bond motifs is 3. The predicted molar refractivity (Wildman–Crippen MR) is 106 cm³/mol. The summed E-state index contributed by atoms with van der Waals surface area (Å²) in [5.74, 6) is 0.853. The van der Waals surface area contributed by atoms with Gasteiger partial charge in [-0.25, -0.2) is 0 Å². The van der Waals surface area contributed by atoms with Gasteiger partial charge in [-0.15, -0.1) is 0 Å². The van der Waals surface area contributed by atoms with Gasteiger partial charge in [0.15, 0.2) is 0 Å². The molecule has 0 amide bonds. The van der Waals surface area contributed by atoms with Gasteiger partial charge in [0.05, 0.1) is 35.5 Å². The van der Waals surface area contributed by atoms with Crippen molar-refractivity contribution in [2.24, 2.45) is 0 Å². The summed E-state index contributed by atoms with van der Waals surface area (Å²) in [4.78, 5) is 0. The Labute approximate surface area is 153 Å². The van der Waals surface area contributed by atoms with Crippen molar-refractivity contribution < 1.29 is 4.74 Å². The molecule has 0 bridgehead atoms. The zero-order valence-corrected chi connectivity index (χ0v) is 15.4. The van der Waals surface area contributed by atoms with Crippen LogP contribution in [0.1, 0.15) is 22.3 Å². The van der Waals surface area contributed by atoms with Crippen molar-refractivity contribution in [3.8, 4) is 17.5 Å². The number of benzene rings is 3. The lowest BCUT2D eigenvalue weighted by atomic mass is 10.0. The maximum atomic E-state index is 9.27. The highest BCUT2D eigenvalue weighted by Crippen LogP contribution is 2.36. The van der Waals surface area contributed by atoms with E-state index in [2.05, 4.69) is 61.7 Å². The fraction of sp³-hybridized carbons (Fsp3) is 0.174. The third kappa shape index (κ3) is 2.34. The van der Waals surface area contributed by atoms with Crippen molar-refractivity contribution in [1.82, 2.24) is 4.57 Å². The van der Waals surface area contributed by atoms with Crippen molar-refractivity contribution in [3.05, 3.63) is 70.8 Å². The maximum absolute atomic E-state index is 9.27. The van der Waals surface area contributed by atoms with Crippen LogP contribution in [0.3, 0.4) is 0 Å². The molecule has 3 heteroatoms.